The molecule has 9 heteroatoms. The molecule has 1 aliphatic heterocycles. The first-order chi connectivity index (χ1) is 15.5. The zero-order valence-corrected chi connectivity index (χ0v) is 17.8. The molecule has 0 aliphatic carbocycles. The first-order valence-corrected chi connectivity index (χ1v) is 11.0. The number of likely N-dealkylation sites (tertiary alicyclic amines) is 1. The highest BCUT2D eigenvalue weighted by Gasteiger charge is 2.26. The van der Waals surface area contributed by atoms with E-state index in [1.165, 1.54) is 23.5 Å². The van der Waals surface area contributed by atoms with Crippen molar-refractivity contribution in [1.82, 2.24) is 19.5 Å². The van der Waals surface area contributed by atoms with Gasteiger partial charge in [0.2, 0.25) is 0 Å². The van der Waals surface area contributed by atoms with Crippen molar-refractivity contribution in [3.8, 4) is 27.6 Å². The van der Waals surface area contributed by atoms with Crippen LogP contribution >= 0.6 is 11.3 Å². The van der Waals surface area contributed by atoms with E-state index in [9.17, 15) is 9.18 Å². The lowest BCUT2D eigenvalue weighted by Crippen LogP contribution is -2.45. The van der Waals surface area contributed by atoms with E-state index in [1.54, 1.807) is 27.8 Å². The number of piperidine rings is 1. The maximum atomic E-state index is 14.4. The minimum atomic E-state index is -0.593. The van der Waals surface area contributed by atoms with E-state index in [1.807, 2.05) is 24.4 Å². The van der Waals surface area contributed by atoms with Gasteiger partial charge in [0.15, 0.2) is 5.65 Å². The summed E-state index contributed by atoms with van der Waals surface area (Å²) in [5.74, 6) is -0.666. The number of thiophene rings is 1. The Balaban J connectivity index is 1.62. The fourth-order valence-electron chi connectivity index (χ4n) is 4.01. The first kappa shape index (κ1) is 20.3. The summed E-state index contributed by atoms with van der Waals surface area (Å²) in [6.45, 7) is 1.20. The molecule has 3 aromatic heterocycles. The molecule has 160 valence electrons. The number of hydrogen-bond acceptors (Lipinski definition) is 6. The standard InChI is InChI=1S/C23H19FN6OS/c24-19-8-14(3-4-16(19)11-25)18-10-20(23(31)29-6-1-2-17(26)12-29)32-22(18)15-5-7-30-13-27-28-21(30)9-15/h3-5,7-10,13,17H,1-2,6,12,26H2/t17-/m1/s1. The van der Waals surface area contributed by atoms with E-state index in [-0.39, 0.29) is 17.5 Å². The number of pyridine rings is 1. The topological polar surface area (TPSA) is 100 Å². The highest BCUT2D eigenvalue weighted by atomic mass is 32.1. The van der Waals surface area contributed by atoms with Gasteiger partial charge >= 0.3 is 0 Å². The van der Waals surface area contributed by atoms with Crippen LogP contribution in [0.1, 0.15) is 28.1 Å². The van der Waals surface area contributed by atoms with Gasteiger partial charge in [-0.1, -0.05) is 6.07 Å². The summed E-state index contributed by atoms with van der Waals surface area (Å²) in [7, 11) is 0. The number of fused-ring (bicyclic) bond motifs is 1. The lowest BCUT2D eigenvalue weighted by atomic mass is 10.0. The van der Waals surface area contributed by atoms with Crippen LogP contribution in [0.15, 0.2) is 48.9 Å². The van der Waals surface area contributed by atoms with E-state index in [0.717, 1.165) is 28.8 Å². The molecule has 0 spiro atoms. The van der Waals surface area contributed by atoms with Gasteiger partial charge in [-0.25, -0.2) is 4.39 Å². The quantitative estimate of drug-likeness (QED) is 0.517. The zero-order valence-electron chi connectivity index (χ0n) is 17.0. The summed E-state index contributed by atoms with van der Waals surface area (Å²) in [5, 5.41) is 17.1. The molecule has 1 saturated heterocycles. The van der Waals surface area contributed by atoms with Gasteiger partial charge in [0, 0.05) is 35.8 Å². The largest absolute Gasteiger partial charge is 0.336 e. The van der Waals surface area contributed by atoms with Gasteiger partial charge in [0.25, 0.3) is 5.91 Å². The SMILES string of the molecule is N#Cc1ccc(-c2cc(C(=O)N3CCC[C@@H](N)C3)sc2-c2ccn3cnnc3c2)cc1F. The second-order valence-corrected chi connectivity index (χ2v) is 8.88. The summed E-state index contributed by atoms with van der Waals surface area (Å²) in [6.07, 6.45) is 5.24. The Labute approximate surface area is 187 Å². The van der Waals surface area contributed by atoms with Gasteiger partial charge in [-0.3, -0.25) is 9.20 Å². The van der Waals surface area contributed by atoms with Crippen molar-refractivity contribution >= 4 is 22.9 Å². The molecular formula is C23H19FN6OS. The fourth-order valence-corrected chi connectivity index (χ4v) is 5.15. The molecule has 1 aliphatic rings. The molecule has 0 bridgehead atoms. The van der Waals surface area contributed by atoms with Crippen molar-refractivity contribution in [2.24, 2.45) is 5.73 Å². The van der Waals surface area contributed by atoms with E-state index in [2.05, 4.69) is 10.2 Å². The van der Waals surface area contributed by atoms with Crippen LogP contribution in [0.5, 0.6) is 0 Å². The van der Waals surface area contributed by atoms with E-state index in [4.69, 9.17) is 11.0 Å². The van der Waals surface area contributed by atoms with Crippen LogP contribution in [-0.2, 0) is 0 Å². The maximum absolute atomic E-state index is 14.4. The number of rotatable bonds is 3. The van der Waals surface area contributed by atoms with Crippen molar-refractivity contribution in [2.45, 2.75) is 18.9 Å². The molecule has 5 rings (SSSR count). The van der Waals surface area contributed by atoms with Gasteiger partial charge < -0.3 is 10.6 Å². The van der Waals surface area contributed by atoms with E-state index in [0.29, 0.717) is 29.2 Å². The normalized spacial score (nSPS) is 16.3. The molecule has 0 unspecified atom stereocenters. The minimum absolute atomic E-state index is 0.0189. The molecule has 1 fully saturated rings. The van der Waals surface area contributed by atoms with Gasteiger partial charge in [-0.05, 0) is 54.3 Å². The van der Waals surface area contributed by atoms with Crippen molar-refractivity contribution < 1.29 is 9.18 Å². The highest BCUT2D eigenvalue weighted by Crippen LogP contribution is 2.40. The Morgan fingerprint density at radius 1 is 1.25 bits per heavy atom. The average Bonchev–Trinajstić information content (AvgIpc) is 3.45. The molecule has 1 aromatic carbocycles. The van der Waals surface area contributed by atoms with Gasteiger partial charge in [0.1, 0.15) is 18.2 Å². The third-order valence-corrected chi connectivity index (χ3v) is 6.82. The van der Waals surface area contributed by atoms with Crippen LogP contribution in [-0.4, -0.2) is 44.5 Å². The smallest absolute Gasteiger partial charge is 0.264 e. The number of nitriles is 1. The predicted octanol–water partition coefficient (Wildman–Crippen LogP) is 3.70. The summed E-state index contributed by atoms with van der Waals surface area (Å²) in [4.78, 5) is 16.4. The number of nitrogens with zero attached hydrogens (tertiary/aromatic N) is 5. The van der Waals surface area contributed by atoms with Gasteiger partial charge in [-0.2, -0.15) is 5.26 Å². The Kier molecular flexibility index (Phi) is 5.17. The molecule has 2 N–H and O–H groups in total. The minimum Gasteiger partial charge on any atom is -0.336 e. The van der Waals surface area contributed by atoms with Crippen molar-refractivity contribution in [1.29, 1.82) is 5.26 Å². The van der Waals surface area contributed by atoms with Gasteiger partial charge in [-0.15, -0.1) is 21.5 Å². The van der Waals surface area contributed by atoms with Crippen molar-refractivity contribution in [3.63, 3.8) is 0 Å². The van der Waals surface area contributed by atoms with E-state index >= 15 is 0 Å². The lowest BCUT2D eigenvalue weighted by molar-refractivity contribution is 0.0714. The molecule has 4 heterocycles. The molecule has 0 radical (unpaired) electrons. The number of amides is 1. The number of hydrogen-bond donors (Lipinski definition) is 1. The monoisotopic (exact) mass is 446 g/mol. The van der Waals surface area contributed by atoms with Crippen LogP contribution in [0.2, 0.25) is 0 Å². The Bertz CT molecular complexity index is 1370. The predicted molar refractivity (Wildman–Crippen MR) is 120 cm³/mol. The molecule has 4 aromatic rings. The fraction of sp³-hybridized carbons (Fsp3) is 0.217. The molecule has 0 saturated carbocycles. The summed E-state index contributed by atoms with van der Waals surface area (Å²) in [5.41, 5.74) is 8.90. The van der Waals surface area contributed by atoms with Gasteiger partial charge in [0.05, 0.1) is 10.4 Å². The number of halogens is 1. The van der Waals surface area contributed by atoms with Crippen LogP contribution in [0.4, 0.5) is 4.39 Å². The summed E-state index contributed by atoms with van der Waals surface area (Å²) < 4.78 is 16.2. The Hall–Kier alpha value is -3.61. The molecule has 32 heavy (non-hydrogen) atoms. The summed E-state index contributed by atoms with van der Waals surface area (Å²) in [6, 6.07) is 11.9. The number of carbonyl (C=O) groups is 1. The average molecular weight is 447 g/mol. The van der Waals surface area contributed by atoms with Crippen molar-refractivity contribution in [2.75, 3.05) is 13.1 Å². The zero-order chi connectivity index (χ0) is 22.2. The van der Waals surface area contributed by atoms with Crippen LogP contribution < -0.4 is 5.73 Å². The maximum Gasteiger partial charge on any atom is 0.264 e. The van der Waals surface area contributed by atoms with Crippen LogP contribution in [0.3, 0.4) is 0 Å². The molecule has 1 amide bonds. The molecule has 7 nitrogen and oxygen atoms in total. The van der Waals surface area contributed by atoms with Crippen molar-refractivity contribution in [3.05, 3.63) is 65.2 Å². The third kappa shape index (κ3) is 3.64. The number of aromatic nitrogens is 3. The third-order valence-electron chi connectivity index (χ3n) is 5.65. The van der Waals surface area contributed by atoms with Crippen LogP contribution in [0.25, 0.3) is 27.2 Å². The lowest BCUT2D eigenvalue weighted by Gasteiger charge is -2.30. The Morgan fingerprint density at radius 2 is 2.12 bits per heavy atom. The summed E-state index contributed by atoms with van der Waals surface area (Å²) >= 11 is 1.36. The number of benzene rings is 1. The second-order valence-electron chi connectivity index (χ2n) is 7.83. The highest BCUT2D eigenvalue weighted by molar-refractivity contribution is 7.18. The number of carbonyl (C=O) groups excluding carboxylic acids is 1. The van der Waals surface area contributed by atoms with Crippen LogP contribution in [0, 0.1) is 17.1 Å². The van der Waals surface area contributed by atoms with E-state index < -0.39 is 5.82 Å². The Morgan fingerprint density at radius 3 is 2.91 bits per heavy atom. The molecular weight excluding hydrogens is 427 g/mol. The second kappa shape index (κ2) is 8.15. The first-order valence-electron chi connectivity index (χ1n) is 10.2. The molecule has 1 atom stereocenters. The number of nitrogens with two attached hydrogens (primary N) is 1.